The van der Waals surface area contributed by atoms with E-state index in [4.69, 9.17) is 4.74 Å². The molecule has 3 aliphatic rings. The highest BCUT2D eigenvalue weighted by Crippen LogP contribution is 2.34. The summed E-state index contributed by atoms with van der Waals surface area (Å²) < 4.78 is 5.63. The summed E-state index contributed by atoms with van der Waals surface area (Å²) in [5, 5.41) is 14.6. The van der Waals surface area contributed by atoms with Crippen LogP contribution >= 0.6 is 11.3 Å². The number of hydrogen-bond donors (Lipinski definition) is 5. The maximum absolute atomic E-state index is 13.2. The topological polar surface area (TPSA) is 237 Å². The number of ether oxygens (including phenoxy) is 1. The number of piperazine rings is 1. The summed E-state index contributed by atoms with van der Waals surface area (Å²) in [5.41, 5.74) is 2.78. The number of aromatic nitrogens is 3. The average Bonchev–Trinajstić information content (AvgIpc) is 3.81. The van der Waals surface area contributed by atoms with Gasteiger partial charge in [0.1, 0.15) is 34.1 Å². The number of carbonyl (C=O) groups is 7. The molecule has 62 heavy (non-hydrogen) atoms. The largest absolute Gasteiger partial charge is 0.483 e. The van der Waals surface area contributed by atoms with E-state index in [0.29, 0.717) is 73.8 Å². The number of anilines is 4. The van der Waals surface area contributed by atoms with Crippen LogP contribution in [0.2, 0.25) is 0 Å². The second kappa shape index (κ2) is 19.3. The molecule has 2 fully saturated rings. The number of unbranched alkanes of at least 4 members (excludes halogenated alkanes) is 1. The van der Waals surface area contributed by atoms with E-state index in [2.05, 4.69) is 51.3 Å². The number of piperidine rings is 1. The van der Waals surface area contributed by atoms with Crippen LogP contribution in [0.15, 0.2) is 48.7 Å². The van der Waals surface area contributed by atoms with E-state index < -0.39 is 42.2 Å². The van der Waals surface area contributed by atoms with Gasteiger partial charge in [-0.3, -0.25) is 48.7 Å². The van der Waals surface area contributed by atoms with E-state index in [1.54, 1.807) is 0 Å². The van der Waals surface area contributed by atoms with E-state index >= 15 is 0 Å². The average molecular weight is 866 g/mol. The number of nitrogens with one attached hydrogen (secondary N) is 5. The molecule has 4 aromatic rings. The Balaban J connectivity index is 0.781. The molecule has 20 heteroatoms. The number of benzene rings is 2. The molecule has 0 radical (unpaired) electrons. The Hall–Kier alpha value is -6.80. The molecule has 0 saturated carbocycles. The van der Waals surface area contributed by atoms with Crippen LogP contribution < -0.4 is 36.2 Å². The van der Waals surface area contributed by atoms with Crippen LogP contribution in [0.25, 0.3) is 0 Å². The Kier molecular flexibility index (Phi) is 13.5. The molecule has 0 aliphatic carbocycles. The molecule has 2 saturated heterocycles. The quantitative estimate of drug-likeness (QED) is 0.0804. The molecule has 1 atom stereocenters. The number of para-hydroxylation sites is 1. The maximum atomic E-state index is 13.2. The third kappa shape index (κ3) is 10.2. The monoisotopic (exact) mass is 865 g/mol. The van der Waals surface area contributed by atoms with Gasteiger partial charge in [0.15, 0.2) is 11.7 Å². The van der Waals surface area contributed by atoms with Crippen molar-refractivity contribution >= 4 is 75.1 Å². The third-order valence-electron chi connectivity index (χ3n) is 10.6. The van der Waals surface area contributed by atoms with E-state index in [-0.39, 0.29) is 48.1 Å². The molecule has 5 heterocycles. The molecule has 19 nitrogen and oxygen atoms in total. The molecular weight excluding hydrogens is 819 g/mol. The van der Waals surface area contributed by atoms with Crippen LogP contribution in [0.5, 0.6) is 5.75 Å². The molecule has 2 aromatic heterocycles. The van der Waals surface area contributed by atoms with Crippen molar-refractivity contribution in [1.82, 2.24) is 40.7 Å². The highest BCUT2D eigenvalue weighted by atomic mass is 32.1. The van der Waals surface area contributed by atoms with Crippen LogP contribution in [0.4, 0.5) is 22.5 Å². The Labute approximate surface area is 361 Å². The van der Waals surface area contributed by atoms with Gasteiger partial charge in [-0.15, -0.1) is 0 Å². The molecule has 3 aliphatic heterocycles. The van der Waals surface area contributed by atoms with Crippen molar-refractivity contribution in [3.63, 3.8) is 0 Å². The summed E-state index contributed by atoms with van der Waals surface area (Å²) in [5.74, 6) is -1.39. The lowest BCUT2D eigenvalue weighted by atomic mass is 10.0. The summed E-state index contributed by atoms with van der Waals surface area (Å²) in [4.78, 5) is 108. The smallest absolute Gasteiger partial charge is 0.267 e. The number of thiazole rings is 1. The Morgan fingerprint density at radius 2 is 1.60 bits per heavy atom. The van der Waals surface area contributed by atoms with Gasteiger partial charge in [0.25, 0.3) is 23.6 Å². The standard InChI is InChI=1S/C42H47N11O8S/c1-24-8-6-9-25(2)37(24)50-39(58)30-21-45-42(62-30)48-31-20-32(47-26(3)46-31)52-18-16-51(17-19-52)22-34(55)43-14-4-5-15-44-35(56)23-61-29-11-7-10-27-36(29)41(60)53(40(27)59)28-12-13-33(54)49-38(28)57/h6-11,20-21,28H,4-5,12-19,22-23H2,1-3H3,(H,43,55)(H,44,56)(H,50,58)(H,49,54,57)(H,45,46,47,48). The first kappa shape index (κ1) is 43.3. The second-order valence-electron chi connectivity index (χ2n) is 15.1. The van der Waals surface area contributed by atoms with Gasteiger partial charge >= 0.3 is 0 Å². The normalized spacial score (nSPS) is 16.5. The fourth-order valence-electron chi connectivity index (χ4n) is 7.41. The minimum absolute atomic E-state index is 0.00340. The number of amides is 7. The zero-order valence-corrected chi connectivity index (χ0v) is 35.4. The van der Waals surface area contributed by atoms with Crippen molar-refractivity contribution in [2.24, 2.45) is 0 Å². The summed E-state index contributed by atoms with van der Waals surface area (Å²) in [7, 11) is 0. The van der Waals surface area contributed by atoms with Gasteiger partial charge in [-0.2, -0.15) is 0 Å². The number of aryl methyl sites for hydroxylation is 3. The Morgan fingerprint density at radius 1 is 0.887 bits per heavy atom. The van der Waals surface area contributed by atoms with Gasteiger partial charge in [0.05, 0.1) is 23.9 Å². The van der Waals surface area contributed by atoms with Gasteiger partial charge in [0, 0.05) is 57.4 Å². The second-order valence-corrected chi connectivity index (χ2v) is 16.1. The predicted octanol–water partition coefficient (Wildman–Crippen LogP) is 2.47. The van der Waals surface area contributed by atoms with E-state index in [1.807, 2.05) is 45.0 Å². The molecule has 7 amide bonds. The van der Waals surface area contributed by atoms with Crippen molar-refractivity contribution in [3.8, 4) is 5.75 Å². The Bertz CT molecular complexity index is 2390. The van der Waals surface area contributed by atoms with Crippen molar-refractivity contribution in [3.05, 3.63) is 81.6 Å². The van der Waals surface area contributed by atoms with Gasteiger partial charge in [-0.1, -0.05) is 35.6 Å². The predicted molar refractivity (Wildman–Crippen MR) is 229 cm³/mol. The SMILES string of the molecule is Cc1nc(Nc2ncc(C(=O)Nc3c(C)cccc3C)s2)cc(N2CCN(CC(=O)NCCCCNC(=O)COc3cccc4c3C(=O)N(C3CCC(=O)NC3=O)C4=O)CC2)n1. The summed E-state index contributed by atoms with van der Waals surface area (Å²) in [6.07, 6.45) is 2.80. The highest BCUT2D eigenvalue weighted by molar-refractivity contribution is 7.17. The van der Waals surface area contributed by atoms with Crippen LogP contribution in [-0.4, -0.2) is 125 Å². The summed E-state index contributed by atoms with van der Waals surface area (Å²) in [6.45, 7) is 8.99. The number of nitrogens with zero attached hydrogens (tertiary/aromatic N) is 6. The number of rotatable bonds is 16. The minimum Gasteiger partial charge on any atom is -0.483 e. The number of hydrogen-bond acceptors (Lipinski definition) is 15. The fourth-order valence-corrected chi connectivity index (χ4v) is 8.13. The third-order valence-corrected chi connectivity index (χ3v) is 11.5. The highest BCUT2D eigenvalue weighted by Gasteiger charge is 2.46. The lowest BCUT2D eigenvalue weighted by Gasteiger charge is -2.35. The van der Waals surface area contributed by atoms with Crippen molar-refractivity contribution in [2.75, 3.05) is 68.0 Å². The van der Waals surface area contributed by atoms with Gasteiger partial charge < -0.3 is 30.9 Å². The van der Waals surface area contributed by atoms with E-state index in [0.717, 1.165) is 27.5 Å². The zero-order valence-electron chi connectivity index (χ0n) is 34.5. The lowest BCUT2D eigenvalue weighted by Crippen LogP contribution is -2.54. The first-order valence-electron chi connectivity index (χ1n) is 20.3. The van der Waals surface area contributed by atoms with Crippen LogP contribution in [0.1, 0.15) is 73.0 Å². The summed E-state index contributed by atoms with van der Waals surface area (Å²) in [6, 6.07) is 11.0. The van der Waals surface area contributed by atoms with E-state index in [9.17, 15) is 33.6 Å². The van der Waals surface area contributed by atoms with Crippen LogP contribution in [0.3, 0.4) is 0 Å². The van der Waals surface area contributed by atoms with Crippen molar-refractivity contribution in [1.29, 1.82) is 0 Å². The molecule has 2 aromatic carbocycles. The fraction of sp³-hybridized carbons (Fsp3) is 0.381. The molecule has 324 valence electrons. The zero-order chi connectivity index (χ0) is 43.9. The number of carbonyl (C=O) groups excluding carboxylic acids is 7. The molecular formula is C42H47N11O8S. The van der Waals surface area contributed by atoms with Crippen molar-refractivity contribution in [2.45, 2.75) is 52.5 Å². The van der Waals surface area contributed by atoms with Crippen LogP contribution in [-0.2, 0) is 19.2 Å². The minimum atomic E-state index is -1.11. The number of fused-ring (bicyclic) bond motifs is 1. The Morgan fingerprint density at radius 3 is 2.32 bits per heavy atom. The molecule has 0 bridgehead atoms. The summed E-state index contributed by atoms with van der Waals surface area (Å²) >= 11 is 1.23. The molecule has 1 unspecified atom stereocenters. The van der Waals surface area contributed by atoms with E-state index in [1.165, 1.54) is 35.7 Å². The van der Waals surface area contributed by atoms with Gasteiger partial charge in [-0.05, 0) is 63.3 Å². The maximum Gasteiger partial charge on any atom is 0.267 e. The lowest BCUT2D eigenvalue weighted by molar-refractivity contribution is -0.136. The van der Waals surface area contributed by atoms with Crippen molar-refractivity contribution < 1.29 is 38.3 Å². The number of imide groups is 2. The molecule has 7 rings (SSSR count). The molecule has 5 N–H and O–H groups in total. The van der Waals surface area contributed by atoms with Gasteiger partial charge in [-0.25, -0.2) is 15.0 Å². The molecule has 0 spiro atoms. The first-order valence-corrected chi connectivity index (χ1v) is 21.1. The van der Waals surface area contributed by atoms with Gasteiger partial charge in [0.2, 0.25) is 17.7 Å². The van der Waals surface area contributed by atoms with Crippen LogP contribution in [0, 0.1) is 20.8 Å². The first-order chi connectivity index (χ1) is 29.8.